The maximum atomic E-state index is 6.35. The Kier molecular flexibility index (Phi) is 4.77. The number of hydrogen-bond acceptors (Lipinski definition) is 2. The Morgan fingerprint density at radius 2 is 1.95 bits per heavy atom. The largest absolute Gasteiger partial charge is 0.349 e. The van der Waals surface area contributed by atoms with Crippen LogP contribution in [0.5, 0.6) is 0 Å². The van der Waals surface area contributed by atoms with Crippen LogP contribution >= 0.6 is 0 Å². The van der Waals surface area contributed by atoms with Crippen LogP contribution in [-0.2, 0) is 9.47 Å². The number of ether oxygens (including phenoxy) is 2. The lowest BCUT2D eigenvalue weighted by molar-refractivity contribution is -0.166. The van der Waals surface area contributed by atoms with Crippen LogP contribution in [0.15, 0.2) is 43.0 Å². The quantitative estimate of drug-likeness (QED) is 0.749. The van der Waals surface area contributed by atoms with Crippen molar-refractivity contribution in [2.24, 2.45) is 5.92 Å². The zero-order chi connectivity index (χ0) is 14.7. The third kappa shape index (κ3) is 3.38. The summed E-state index contributed by atoms with van der Waals surface area (Å²) in [6, 6.07) is 10.8. The molecule has 1 saturated carbocycles. The summed E-state index contributed by atoms with van der Waals surface area (Å²) in [4.78, 5) is 0. The van der Waals surface area contributed by atoms with E-state index >= 15 is 0 Å². The van der Waals surface area contributed by atoms with Crippen molar-refractivity contribution in [2.75, 3.05) is 0 Å². The molecular weight excluding hydrogens is 260 g/mol. The van der Waals surface area contributed by atoms with E-state index in [4.69, 9.17) is 9.47 Å². The van der Waals surface area contributed by atoms with E-state index < -0.39 is 0 Å². The van der Waals surface area contributed by atoms with E-state index in [9.17, 15) is 0 Å². The summed E-state index contributed by atoms with van der Waals surface area (Å²) in [5.41, 5.74) is 1.41. The maximum absolute atomic E-state index is 6.35. The Labute approximate surface area is 128 Å². The summed E-state index contributed by atoms with van der Waals surface area (Å²) in [7, 11) is 0. The summed E-state index contributed by atoms with van der Waals surface area (Å²) < 4.78 is 12.3. The van der Waals surface area contributed by atoms with E-state index in [0.29, 0.717) is 17.9 Å². The molecule has 114 valence electrons. The highest BCUT2D eigenvalue weighted by atomic mass is 16.7. The maximum Gasteiger partial charge on any atom is 0.159 e. The first-order chi connectivity index (χ1) is 10.3. The van der Waals surface area contributed by atoms with Gasteiger partial charge in [0.1, 0.15) is 0 Å². The number of benzene rings is 1. The van der Waals surface area contributed by atoms with Crippen LogP contribution in [0.25, 0.3) is 0 Å². The molecule has 0 radical (unpaired) electrons. The average molecular weight is 286 g/mol. The van der Waals surface area contributed by atoms with Gasteiger partial charge < -0.3 is 9.47 Å². The van der Waals surface area contributed by atoms with Gasteiger partial charge in [-0.05, 0) is 24.3 Å². The highest BCUT2D eigenvalue weighted by molar-refractivity contribution is 5.21. The second-order valence-electron chi connectivity index (χ2n) is 6.46. The molecule has 1 saturated heterocycles. The van der Waals surface area contributed by atoms with Crippen LogP contribution in [-0.4, -0.2) is 18.5 Å². The lowest BCUT2D eigenvalue weighted by Crippen LogP contribution is -2.30. The molecule has 0 bridgehead atoms. The summed E-state index contributed by atoms with van der Waals surface area (Å²) in [5, 5.41) is 0. The molecule has 1 aliphatic carbocycles. The van der Waals surface area contributed by atoms with Crippen LogP contribution in [0, 0.1) is 5.92 Å². The Morgan fingerprint density at radius 1 is 1.19 bits per heavy atom. The van der Waals surface area contributed by atoms with Gasteiger partial charge in [-0.2, -0.15) is 0 Å². The van der Waals surface area contributed by atoms with Crippen molar-refractivity contribution in [3.8, 4) is 0 Å². The zero-order valence-corrected chi connectivity index (χ0v) is 12.9. The van der Waals surface area contributed by atoms with Gasteiger partial charge >= 0.3 is 0 Å². The molecule has 0 N–H and O–H groups in total. The minimum atomic E-state index is -0.0580. The van der Waals surface area contributed by atoms with Crippen molar-refractivity contribution < 1.29 is 9.47 Å². The molecule has 21 heavy (non-hydrogen) atoms. The predicted molar refractivity (Wildman–Crippen MR) is 85.2 cm³/mol. The standard InChI is InChI=1S/C19H26O2/c1-3-17-14(2)13-19(20-17)21-18-12-8-7-11-16(18)15-9-5-4-6-10-15/h3-6,9-10,14,16-19H,1,7-8,11-13H2,2H3/t14-,16-,17+,18+,19+/m0/s1. The van der Waals surface area contributed by atoms with Gasteiger partial charge in [-0.15, -0.1) is 6.58 Å². The molecule has 1 aromatic rings. The summed E-state index contributed by atoms with van der Waals surface area (Å²) in [6.45, 7) is 6.07. The van der Waals surface area contributed by atoms with E-state index in [1.165, 1.54) is 24.8 Å². The van der Waals surface area contributed by atoms with E-state index in [1.807, 2.05) is 6.08 Å². The second-order valence-corrected chi connectivity index (χ2v) is 6.46. The monoisotopic (exact) mass is 286 g/mol. The molecule has 5 atom stereocenters. The number of rotatable bonds is 4. The van der Waals surface area contributed by atoms with Gasteiger partial charge in [0, 0.05) is 12.3 Å². The minimum absolute atomic E-state index is 0.0580. The SMILES string of the molecule is C=C[C@H]1O[C@H](O[C@@H]2CCCC[C@H]2c2ccccc2)C[C@@H]1C. The summed E-state index contributed by atoms with van der Waals surface area (Å²) in [6.07, 6.45) is 8.21. The fraction of sp³-hybridized carbons (Fsp3) is 0.579. The lowest BCUT2D eigenvalue weighted by Gasteiger charge is -2.33. The van der Waals surface area contributed by atoms with Gasteiger partial charge in [0.25, 0.3) is 0 Å². The second kappa shape index (κ2) is 6.76. The van der Waals surface area contributed by atoms with Crippen molar-refractivity contribution in [2.45, 2.75) is 63.4 Å². The molecule has 1 aromatic carbocycles. The summed E-state index contributed by atoms with van der Waals surface area (Å²) >= 11 is 0. The Morgan fingerprint density at radius 3 is 2.67 bits per heavy atom. The minimum Gasteiger partial charge on any atom is -0.349 e. The molecule has 0 aromatic heterocycles. The Hall–Kier alpha value is -1.12. The van der Waals surface area contributed by atoms with Crippen LogP contribution in [0.1, 0.15) is 50.5 Å². The molecule has 0 amide bonds. The van der Waals surface area contributed by atoms with Gasteiger partial charge in [0.2, 0.25) is 0 Å². The normalized spacial score (nSPS) is 36.5. The van der Waals surface area contributed by atoms with Crippen LogP contribution in [0.4, 0.5) is 0 Å². The van der Waals surface area contributed by atoms with Crippen LogP contribution in [0.2, 0.25) is 0 Å². The lowest BCUT2D eigenvalue weighted by atomic mass is 9.81. The highest BCUT2D eigenvalue weighted by Crippen LogP contribution is 2.38. The van der Waals surface area contributed by atoms with Crippen molar-refractivity contribution in [3.63, 3.8) is 0 Å². The number of hydrogen-bond donors (Lipinski definition) is 0. The van der Waals surface area contributed by atoms with Crippen molar-refractivity contribution >= 4 is 0 Å². The fourth-order valence-corrected chi connectivity index (χ4v) is 3.71. The summed E-state index contributed by atoms with van der Waals surface area (Å²) in [5.74, 6) is 1.02. The van der Waals surface area contributed by atoms with Crippen molar-refractivity contribution in [3.05, 3.63) is 48.6 Å². The molecule has 1 aliphatic heterocycles. The Balaban J connectivity index is 1.67. The molecule has 2 heteroatoms. The first-order valence-electron chi connectivity index (χ1n) is 8.26. The molecule has 3 rings (SSSR count). The molecule has 2 fully saturated rings. The fourth-order valence-electron chi connectivity index (χ4n) is 3.71. The van der Waals surface area contributed by atoms with E-state index in [-0.39, 0.29) is 12.4 Å². The van der Waals surface area contributed by atoms with Crippen molar-refractivity contribution in [1.29, 1.82) is 0 Å². The highest BCUT2D eigenvalue weighted by Gasteiger charge is 2.35. The first kappa shape index (κ1) is 14.8. The van der Waals surface area contributed by atoms with Gasteiger partial charge in [-0.25, -0.2) is 0 Å². The zero-order valence-electron chi connectivity index (χ0n) is 12.9. The molecule has 0 spiro atoms. The molecule has 2 nitrogen and oxygen atoms in total. The van der Waals surface area contributed by atoms with Crippen LogP contribution in [0.3, 0.4) is 0 Å². The smallest absolute Gasteiger partial charge is 0.159 e. The van der Waals surface area contributed by atoms with E-state index in [2.05, 4.69) is 43.8 Å². The third-order valence-electron chi connectivity index (χ3n) is 4.92. The molecular formula is C19H26O2. The molecule has 0 unspecified atom stereocenters. The topological polar surface area (TPSA) is 18.5 Å². The van der Waals surface area contributed by atoms with Gasteiger partial charge in [-0.3, -0.25) is 0 Å². The van der Waals surface area contributed by atoms with E-state index in [1.54, 1.807) is 0 Å². The Bertz CT molecular complexity index is 456. The first-order valence-corrected chi connectivity index (χ1v) is 8.26. The molecule has 1 heterocycles. The van der Waals surface area contributed by atoms with Gasteiger partial charge in [0.15, 0.2) is 6.29 Å². The van der Waals surface area contributed by atoms with Gasteiger partial charge in [0.05, 0.1) is 12.2 Å². The van der Waals surface area contributed by atoms with Gasteiger partial charge in [-0.1, -0.05) is 56.2 Å². The van der Waals surface area contributed by atoms with E-state index in [0.717, 1.165) is 12.8 Å². The van der Waals surface area contributed by atoms with Crippen molar-refractivity contribution in [1.82, 2.24) is 0 Å². The predicted octanol–water partition coefficient (Wildman–Crippen LogP) is 4.67. The molecule has 2 aliphatic rings. The van der Waals surface area contributed by atoms with Crippen LogP contribution < -0.4 is 0 Å². The third-order valence-corrected chi connectivity index (χ3v) is 4.92. The average Bonchev–Trinajstić information content (AvgIpc) is 2.88.